The molecule has 2 heterocycles. The Hall–Kier alpha value is -0.800. The molecule has 2 rings (SSSR count). The Kier molecular flexibility index (Phi) is 2.14. The summed E-state index contributed by atoms with van der Waals surface area (Å²) in [7, 11) is 0. The van der Waals surface area contributed by atoms with Crippen LogP contribution in [0.5, 0.6) is 0 Å². The lowest BCUT2D eigenvalue weighted by molar-refractivity contribution is -0.180. The van der Waals surface area contributed by atoms with Crippen molar-refractivity contribution in [3.8, 4) is 0 Å². The van der Waals surface area contributed by atoms with E-state index in [1.807, 2.05) is 0 Å². The lowest BCUT2D eigenvalue weighted by Gasteiger charge is -2.43. The maximum Gasteiger partial charge on any atom is 0.133 e. The van der Waals surface area contributed by atoms with Crippen molar-refractivity contribution >= 4 is 0 Å². The Morgan fingerprint density at radius 2 is 2.38 bits per heavy atom. The molecule has 3 heteroatoms. The van der Waals surface area contributed by atoms with Gasteiger partial charge in [0, 0.05) is 0 Å². The maximum atomic E-state index is 10.0. The molecule has 1 aliphatic heterocycles. The fraction of sp³-hybridized carbons (Fsp3) is 0.600. The number of hydrogen-bond donors (Lipinski definition) is 1. The molecule has 13 heavy (non-hydrogen) atoms. The fourth-order valence-electron chi connectivity index (χ4n) is 1.67. The van der Waals surface area contributed by atoms with Crippen molar-refractivity contribution in [2.75, 3.05) is 13.2 Å². The van der Waals surface area contributed by atoms with E-state index in [1.54, 1.807) is 18.4 Å². The second-order valence-corrected chi connectivity index (χ2v) is 3.63. The second kappa shape index (κ2) is 3.16. The molecule has 1 fully saturated rings. The van der Waals surface area contributed by atoms with E-state index in [0.717, 1.165) is 6.42 Å². The van der Waals surface area contributed by atoms with E-state index in [1.165, 1.54) is 0 Å². The van der Waals surface area contributed by atoms with Crippen LogP contribution in [-0.2, 0) is 4.74 Å². The van der Waals surface area contributed by atoms with Gasteiger partial charge in [0.1, 0.15) is 11.9 Å². The van der Waals surface area contributed by atoms with Crippen LogP contribution in [0.1, 0.15) is 25.2 Å². The summed E-state index contributed by atoms with van der Waals surface area (Å²) in [6.45, 7) is 3.32. The van der Waals surface area contributed by atoms with E-state index in [0.29, 0.717) is 19.0 Å². The monoisotopic (exact) mass is 182 g/mol. The van der Waals surface area contributed by atoms with E-state index in [-0.39, 0.29) is 5.41 Å². The lowest BCUT2D eigenvalue weighted by Crippen LogP contribution is -2.46. The van der Waals surface area contributed by atoms with Crippen molar-refractivity contribution in [3.05, 3.63) is 24.2 Å². The van der Waals surface area contributed by atoms with Gasteiger partial charge in [0.05, 0.1) is 24.9 Å². The van der Waals surface area contributed by atoms with Crippen molar-refractivity contribution < 1.29 is 14.3 Å². The summed E-state index contributed by atoms with van der Waals surface area (Å²) in [5, 5.41) is 10.0. The molecule has 0 spiro atoms. The number of rotatable bonds is 3. The van der Waals surface area contributed by atoms with Crippen molar-refractivity contribution in [2.45, 2.75) is 19.4 Å². The minimum absolute atomic E-state index is 0.113. The quantitative estimate of drug-likeness (QED) is 0.774. The smallest absolute Gasteiger partial charge is 0.133 e. The molecular weight excluding hydrogens is 168 g/mol. The molecule has 0 radical (unpaired) electrons. The van der Waals surface area contributed by atoms with Gasteiger partial charge in [0.2, 0.25) is 0 Å². The Balaban J connectivity index is 2.16. The third kappa shape index (κ3) is 1.28. The second-order valence-electron chi connectivity index (χ2n) is 3.63. The van der Waals surface area contributed by atoms with Gasteiger partial charge in [0.15, 0.2) is 0 Å². The summed E-state index contributed by atoms with van der Waals surface area (Å²) in [4.78, 5) is 0. The van der Waals surface area contributed by atoms with Crippen LogP contribution in [0.3, 0.4) is 0 Å². The van der Waals surface area contributed by atoms with E-state index >= 15 is 0 Å². The largest absolute Gasteiger partial charge is 0.467 e. The zero-order valence-corrected chi connectivity index (χ0v) is 7.69. The van der Waals surface area contributed by atoms with Crippen LogP contribution < -0.4 is 0 Å². The molecule has 1 aliphatic rings. The van der Waals surface area contributed by atoms with Crippen molar-refractivity contribution in [3.63, 3.8) is 0 Å². The number of aliphatic hydroxyl groups is 1. The van der Waals surface area contributed by atoms with Crippen LogP contribution in [0.4, 0.5) is 0 Å². The van der Waals surface area contributed by atoms with E-state index in [9.17, 15) is 5.11 Å². The van der Waals surface area contributed by atoms with Gasteiger partial charge in [-0.25, -0.2) is 0 Å². The molecule has 1 unspecified atom stereocenters. The maximum absolute atomic E-state index is 10.0. The lowest BCUT2D eigenvalue weighted by atomic mass is 9.77. The van der Waals surface area contributed by atoms with Crippen molar-refractivity contribution in [2.24, 2.45) is 5.41 Å². The Morgan fingerprint density at radius 1 is 1.62 bits per heavy atom. The molecule has 0 bridgehead atoms. The first-order chi connectivity index (χ1) is 6.28. The highest BCUT2D eigenvalue weighted by atomic mass is 16.5. The number of ether oxygens (including phenoxy) is 1. The van der Waals surface area contributed by atoms with Crippen molar-refractivity contribution in [1.29, 1.82) is 0 Å². The first-order valence-corrected chi connectivity index (χ1v) is 4.58. The zero-order chi connectivity index (χ0) is 9.31. The predicted molar refractivity (Wildman–Crippen MR) is 47.2 cm³/mol. The van der Waals surface area contributed by atoms with Crippen LogP contribution in [0.15, 0.2) is 22.8 Å². The summed E-state index contributed by atoms with van der Waals surface area (Å²) in [6, 6.07) is 3.60. The normalized spacial score (nSPS) is 22.3. The standard InChI is InChI=1S/C10H14O3/c1-2-10(6-12-7-10)9(11)8-4-3-5-13-8/h3-5,9,11H,2,6-7H2,1H3. The molecule has 0 amide bonds. The molecule has 1 saturated heterocycles. The van der Waals surface area contributed by atoms with Gasteiger partial charge in [-0.1, -0.05) is 6.92 Å². The molecule has 0 aliphatic carbocycles. The van der Waals surface area contributed by atoms with E-state index < -0.39 is 6.10 Å². The summed E-state index contributed by atoms with van der Waals surface area (Å²) < 4.78 is 10.3. The highest BCUT2D eigenvalue weighted by Gasteiger charge is 2.45. The third-order valence-electron chi connectivity index (χ3n) is 2.88. The van der Waals surface area contributed by atoms with Gasteiger partial charge in [-0.2, -0.15) is 0 Å². The van der Waals surface area contributed by atoms with Crippen LogP contribution in [0, 0.1) is 5.41 Å². The Labute approximate surface area is 77.3 Å². The van der Waals surface area contributed by atoms with Crippen molar-refractivity contribution in [1.82, 2.24) is 0 Å². The first kappa shape index (κ1) is 8.78. The first-order valence-electron chi connectivity index (χ1n) is 4.58. The van der Waals surface area contributed by atoms with E-state index in [2.05, 4.69) is 6.92 Å². The van der Waals surface area contributed by atoms with Crippen LogP contribution in [0.2, 0.25) is 0 Å². The van der Waals surface area contributed by atoms with E-state index in [4.69, 9.17) is 9.15 Å². The topological polar surface area (TPSA) is 42.6 Å². The molecule has 72 valence electrons. The molecule has 1 aromatic rings. The van der Waals surface area contributed by atoms with Gasteiger partial charge in [-0.05, 0) is 18.6 Å². The number of aliphatic hydroxyl groups excluding tert-OH is 1. The Bertz CT molecular complexity index is 256. The molecule has 1 N–H and O–H groups in total. The average Bonchev–Trinajstić information content (AvgIpc) is 2.54. The number of furan rings is 1. The molecule has 0 aromatic carbocycles. The molecule has 1 aromatic heterocycles. The Morgan fingerprint density at radius 3 is 2.77 bits per heavy atom. The fourth-order valence-corrected chi connectivity index (χ4v) is 1.67. The SMILES string of the molecule is CCC1(C(O)c2ccco2)COC1. The zero-order valence-electron chi connectivity index (χ0n) is 7.69. The average molecular weight is 182 g/mol. The molecule has 1 atom stereocenters. The molecule has 3 nitrogen and oxygen atoms in total. The minimum Gasteiger partial charge on any atom is -0.467 e. The summed E-state index contributed by atoms with van der Waals surface area (Å²) >= 11 is 0. The number of hydrogen-bond acceptors (Lipinski definition) is 3. The van der Waals surface area contributed by atoms with Gasteiger partial charge in [-0.3, -0.25) is 0 Å². The van der Waals surface area contributed by atoms with Gasteiger partial charge >= 0.3 is 0 Å². The molecule has 0 saturated carbocycles. The highest BCUT2D eigenvalue weighted by molar-refractivity contribution is 5.08. The van der Waals surface area contributed by atoms with Gasteiger partial charge in [-0.15, -0.1) is 0 Å². The van der Waals surface area contributed by atoms with Gasteiger partial charge < -0.3 is 14.3 Å². The van der Waals surface area contributed by atoms with Crippen LogP contribution in [-0.4, -0.2) is 18.3 Å². The minimum atomic E-state index is -0.527. The highest BCUT2D eigenvalue weighted by Crippen LogP contribution is 2.43. The summed E-state index contributed by atoms with van der Waals surface area (Å²) in [5.41, 5.74) is -0.113. The summed E-state index contributed by atoms with van der Waals surface area (Å²) in [5.74, 6) is 0.644. The molecular formula is C10H14O3. The third-order valence-corrected chi connectivity index (χ3v) is 2.88. The van der Waals surface area contributed by atoms with Gasteiger partial charge in [0.25, 0.3) is 0 Å². The van der Waals surface area contributed by atoms with Crippen LogP contribution in [0.25, 0.3) is 0 Å². The predicted octanol–water partition coefficient (Wildman–Crippen LogP) is 1.74. The summed E-state index contributed by atoms with van der Waals surface area (Å²) in [6.07, 6.45) is 1.97. The van der Waals surface area contributed by atoms with Crippen LogP contribution >= 0.6 is 0 Å².